The van der Waals surface area contributed by atoms with Gasteiger partial charge in [-0.05, 0) is 17.7 Å². The molecular formula is C15H15N3. The molecule has 1 atom stereocenters. The molecule has 0 saturated heterocycles. The molecule has 0 fully saturated rings. The van der Waals surface area contributed by atoms with Crippen LogP contribution in [-0.4, -0.2) is 9.38 Å². The van der Waals surface area contributed by atoms with Crippen molar-refractivity contribution in [3.63, 3.8) is 0 Å². The number of nitrogens with two attached hydrogens (primary N) is 1. The molecule has 90 valence electrons. The molecule has 0 spiro atoms. The van der Waals surface area contributed by atoms with Crippen molar-refractivity contribution in [1.29, 1.82) is 0 Å². The molecule has 2 aromatic heterocycles. The van der Waals surface area contributed by atoms with Gasteiger partial charge in [0, 0.05) is 24.9 Å². The summed E-state index contributed by atoms with van der Waals surface area (Å²) in [6.07, 6.45) is 4.80. The maximum absolute atomic E-state index is 6.20. The van der Waals surface area contributed by atoms with Gasteiger partial charge < -0.3 is 10.1 Å². The van der Waals surface area contributed by atoms with E-state index in [4.69, 9.17) is 5.73 Å². The Morgan fingerprint density at radius 1 is 1.06 bits per heavy atom. The van der Waals surface area contributed by atoms with Gasteiger partial charge >= 0.3 is 0 Å². The van der Waals surface area contributed by atoms with Crippen molar-refractivity contribution in [1.82, 2.24) is 9.38 Å². The Labute approximate surface area is 106 Å². The Morgan fingerprint density at radius 3 is 2.61 bits per heavy atom. The highest BCUT2D eigenvalue weighted by molar-refractivity contribution is 5.39. The minimum Gasteiger partial charge on any atom is -0.324 e. The summed E-state index contributed by atoms with van der Waals surface area (Å²) in [6, 6.07) is 16.1. The second-order valence-electron chi connectivity index (χ2n) is 4.42. The van der Waals surface area contributed by atoms with E-state index in [0.29, 0.717) is 0 Å². The number of aromatic nitrogens is 2. The molecular weight excluding hydrogens is 222 g/mol. The predicted molar refractivity (Wildman–Crippen MR) is 72.3 cm³/mol. The molecule has 0 aliphatic carbocycles. The first kappa shape index (κ1) is 11.0. The average molecular weight is 237 g/mol. The number of hydrogen-bond acceptors (Lipinski definition) is 2. The Balaban J connectivity index is 1.84. The van der Waals surface area contributed by atoms with Crippen LogP contribution in [0.3, 0.4) is 0 Å². The molecule has 2 N–H and O–H groups in total. The van der Waals surface area contributed by atoms with Crippen LogP contribution >= 0.6 is 0 Å². The van der Waals surface area contributed by atoms with Crippen molar-refractivity contribution in [3.05, 3.63) is 72.2 Å². The van der Waals surface area contributed by atoms with Crippen LogP contribution in [-0.2, 0) is 6.42 Å². The Bertz CT molecular complexity index is 610. The average Bonchev–Trinajstić information content (AvgIpc) is 2.82. The van der Waals surface area contributed by atoms with E-state index in [1.165, 1.54) is 0 Å². The van der Waals surface area contributed by atoms with Crippen molar-refractivity contribution < 1.29 is 0 Å². The van der Waals surface area contributed by atoms with Gasteiger partial charge in [0.15, 0.2) is 0 Å². The van der Waals surface area contributed by atoms with Gasteiger partial charge in [0.1, 0.15) is 5.65 Å². The lowest BCUT2D eigenvalue weighted by atomic mass is 10.0. The molecule has 3 aromatic rings. The lowest BCUT2D eigenvalue weighted by Crippen LogP contribution is -2.13. The van der Waals surface area contributed by atoms with E-state index in [9.17, 15) is 0 Å². The number of fused-ring (bicyclic) bond motifs is 1. The molecule has 3 heteroatoms. The Kier molecular flexibility index (Phi) is 2.82. The summed E-state index contributed by atoms with van der Waals surface area (Å²) < 4.78 is 2.02. The number of benzene rings is 1. The lowest BCUT2D eigenvalue weighted by molar-refractivity contribution is 0.710. The minimum atomic E-state index is -0.00360. The summed E-state index contributed by atoms with van der Waals surface area (Å²) in [5, 5.41) is 0. The van der Waals surface area contributed by atoms with Crippen molar-refractivity contribution in [3.8, 4) is 0 Å². The third-order valence-corrected chi connectivity index (χ3v) is 3.07. The van der Waals surface area contributed by atoms with Crippen molar-refractivity contribution in [2.45, 2.75) is 12.5 Å². The highest BCUT2D eigenvalue weighted by Gasteiger charge is 2.09. The quantitative estimate of drug-likeness (QED) is 0.760. The maximum atomic E-state index is 6.20. The second-order valence-corrected chi connectivity index (χ2v) is 4.42. The molecule has 1 aromatic carbocycles. The summed E-state index contributed by atoms with van der Waals surface area (Å²) in [7, 11) is 0. The number of hydrogen-bond donors (Lipinski definition) is 1. The normalized spacial score (nSPS) is 12.7. The molecule has 0 saturated carbocycles. The highest BCUT2D eigenvalue weighted by atomic mass is 15.0. The van der Waals surface area contributed by atoms with Crippen molar-refractivity contribution >= 4 is 5.65 Å². The molecule has 3 nitrogen and oxygen atoms in total. The van der Waals surface area contributed by atoms with Gasteiger partial charge in [-0.15, -0.1) is 0 Å². The lowest BCUT2D eigenvalue weighted by Gasteiger charge is -2.09. The molecule has 0 bridgehead atoms. The van der Waals surface area contributed by atoms with Crippen LogP contribution in [0.25, 0.3) is 5.65 Å². The van der Waals surface area contributed by atoms with E-state index < -0.39 is 0 Å². The molecule has 2 heterocycles. The highest BCUT2D eigenvalue weighted by Crippen LogP contribution is 2.15. The molecule has 18 heavy (non-hydrogen) atoms. The van der Waals surface area contributed by atoms with Crippen LogP contribution in [0, 0.1) is 0 Å². The van der Waals surface area contributed by atoms with Gasteiger partial charge in [-0.25, -0.2) is 4.98 Å². The zero-order valence-electron chi connectivity index (χ0n) is 10.0. The first-order chi connectivity index (χ1) is 8.83. The fourth-order valence-electron chi connectivity index (χ4n) is 2.13. The molecule has 0 amide bonds. The third kappa shape index (κ3) is 2.13. The summed E-state index contributed by atoms with van der Waals surface area (Å²) in [5.41, 5.74) is 9.34. The van der Waals surface area contributed by atoms with Crippen LogP contribution < -0.4 is 5.73 Å². The zero-order chi connectivity index (χ0) is 12.4. The van der Waals surface area contributed by atoms with E-state index in [-0.39, 0.29) is 6.04 Å². The SMILES string of the molecule is NC(Cc1cn2ccccc2n1)c1ccccc1. The number of nitrogens with zero attached hydrogens (tertiary/aromatic N) is 2. The smallest absolute Gasteiger partial charge is 0.136 e. The summed E-state index contributed by atoms with van der Waals surface area (Å²) in [4.78, 5) is 4.56. The standard InChI is InChI=1S/C15H15N3/c16-14(12-6-2-1-3-7-12)10-13-11-18-9-5-4-8-15(18)17-13/h1-9,11,14H,10,16H2. The Morgan fingerprint density at radius 2 is 1.83 bits per heavy atom. The number of pyridine rings is 1. The maximum Gasteiger partial charge on any atom is 0.136 e. The molecule has 1 unspecified atom stereocenters. The Hall–Kier alpha value is -2.13. The van der Waals surface area contributed by atoms with Gasteiger partial charge in [-0.2, -0.15) is 0 Å². The van der Waals surface area contributed by atoms with Crippen LogP contribution in [0.5, 0.6) is 0 Å². The van der Waals surface area contributed by atoms with Crippen molar-refractivity contribution in [2.24, 2.45) is 5.73 Å². The zero-order valence-corrected chi connectivity index (χ0v) is 10.0. The van der Waals surface area contributed by atoms with E-state index in [1.807, 2.05) is 53.2 Å². The monoisotopic (exact) mass is 237 g/mol. The van der Waals surface area contributed by atoms with Gasteiger partial charge in [-0.3, -0.25) is 0 Å². The first-order valence-corrected chi connectivity index (χ1v) is 6.06. The second kappa shape index (κ2) is 4.63. The molecule has 3 rings (SSSR count). The van der Waals surface area contributed by atoms with E-state index in [1.54, 1.807) is 0 Å². The summed E-state index contributed by atoms with van der Waals surface area (Å²) in [6.45, 7) is 0. The number of imidazole rings is 1. The van der Waals surface area contributed by atoms with Crippen molar-refractivity contribution in [2.75, 3.05) is 0 Å². The van der Waals surface area contributed by atoms with Crippen LogP contribution in [0.2, 0.25) is 0 Å². The van der Waals surface area contributed by atoms with E-state index in [2.05, 4.69) is 17.1 Å². The minimum absolute atomic E-state index is 0.00360. The van der Waals surface area contributed by atoms with E-state index in [0.717, 1.165) is 23.3 Å². The molecule has 0 aliphatic heterocycles. The summed E-state index contributed by atoms with van der Waals surface area (Å²) >= 11 is 0. The fourth-order valence-corrected chi connectivity index (χ4v) is 2.13. The van der Waals surface area contributed by atoms with Gasteiger partial charge in [0.05, 0.1) is 5.69 Å². The van der Waals surface area contributed by atoms with Crippen LogP contribution in [0.1, 0.15) is 17.3 Å². The van der Waals surface area contributed by atoms with Gasteiger partial charge in [0.25, 0.3) is 0 Å². The molecule has 0 radical (unpaired) electrons. The topological polar surface area (TPSA) is 43.3 Å². The summed E-state index contributed by atoms with van der Waals surface area (Å²) in [5.74, 6) is 0. The fraction of sp³-hybridized carbons (Fsp3) is 0.133. The van der Waals surface area contributed by atoms with Gasteiger partial charge in [0.2, 0.25) is 0 Å². The molecule has 0 aliphatic rings. The largest absolute Gasteiger partial charge is 0.324 e. The third-order valence-electron chi connectivity index (χ3n) is 3.07. The first-order valence-electron chi connectivity index (χ1n) is 6.06. The van der Waals surface area contributed by atoms with Crippen LogP contribution in [0.15, 0.2) is 60.9 Å². The van der Waals surface area contributed by atoms with Gasteiger partial charge in [-0.1, -0.05) is 36.4 Å². The van der Waals surface area contributed by atoms with E-state index >= 15 is 0 Å². The van der Waals surface area contributed by atoms with Crippen LogP contribution in [0.4, 0.5) is 0 Å². The number of rotatable bonds is 3. The predicted octanol–water partition coefficient (Wildman–Crippen LogP) is 2.58.